The molecule has 1 saturated heterocycles. The average Bonchev–Trinajstić information content (AvgIpc) is 2.91. The first-order valence-electron chi connectivity index (χ1n) is 13.9. The van der Waals surface area contributed by atoms with Crippen LogP contribution in [-0.4, -0.2) is 59.7 Å². The van der Waals surface area contributed by atoms with Crippen molar-refractivity contribution in [3.8, 4) is 5.75 Å². The van der Waals surface area contributed by atoms with E-state index in [0.29, 0.717) is 18.0 Å². The zero-order valence-corrected chi connectivity index (χ0v) is 24.2. The highest BCUT2D eigenvalue weighted by Gasteiger charge is 2.29. The Balaban J connectivity index is 0.000000934. The molecule has 0 aliphatic carbocycles. The molecule has 2 heterocycles. The van der Waals surface area contributed by atoms with E-state index in [-0.39, 0.29) is 6.04 Å². The maximum Gasteiger partial charge on any atom is 0.119 e. The molecule has 5 nitrogen and oxygen atoms in total. The Bertz CT molecular complexity index is 1020. The smallest absolute Gasteiger partial charge is 0.119 e. The van der Waals surface area contributed by atoms with Crippen LogP contribution >= 0.6 is 11.6 Å². The molecule has 1 unspecified atom stereocenters. The maximum atomic E-state index is 6.20. The van der Waals surface area contributed by atoms with Crippen LogP contribution in [0.3, 0.4) is 0 Å². The Morgan fingerprint density at radius 1 is 0.947 bits per heavy atom. The molecule has 0 radical (unpaired) electrons. The van der Waals surface area contributed by atoms with Gasteiger partial charge < -0.3 is 10.5 Å². The largest absolute Gasteiger partial charge is 0.492 e. The first-order valence-corrected chi connectivity index (χ1v) is 14.3. The number of piperidine rings is 1. The molecule has 1 aromatic heterocycles. The lowest BCUT2D eigenvalue weighted by Crippen LogP contribution is -2.43. The number of likely N-dealkylation sites (tertiary alicyclic amines) is 1. The Labute approximate surface area is 235 Å². The zero-order chi connectivity index (χ0) is 27.3. The molecule has 0 bridgehead atoms. The molecule has 38 heavy (non-hydrogen) atoms. The fraction of sp³-hybridized carbons (Fsp3) is 0.469. The molecule has 0 spiro atoms. The van der Waals surface area contributed by atoms with Gasteiger partial charge in [-0.15, -0.1) is 0 Å². The van der Waals surface area contributed by atoms with Gasteiger partial charge in [0.1, 0.15) is 12.4 Å². The number of hydrogen-bond donors (Lipinski definition) is 1. The van der Waals surface area contributed by atoms with Gasteiger partial charge in [-0.25, -0.2) is 0 Å². The van der Waals surface area contributed by atoms with E-state index in [2.05, 4.69) is 47.9 Å². The van der Waals surface area contributed by atoms with Gasteiger partial charge in [0.05, 0.1) is 11.7 Å². The van der Waals surface area contributed by atoms with Crippen LogP contribution in [0.4, 0.5) is 0 Å². The summed E-state index contributed by atoms with van der Waals surface area (Å²) in [4.78, 5) is 9.90. The van der Waals surface area contributed by atoms with Crippen LogP contribution in [0, 0.1) is 5.92 Å². The maximum absolute atomic E-state index is 6.20. The molecule has 1 fully saturated rings. The first-order chi connectivity index (χ1) is 18.3. The molecule has 0 amide bonds. The molecule has 6 heteroatoms. The fourth-order valence-corrected chi connectivity index (χ4v) is 4.96. The molecule has 0 saturated carbocycles. The van der Waals surface area contributed by atoms with Crippen molar-refractivity contribution >= 4 is 11.6 Å². The third-order valence-corrected chi connectivity index (χ3v) is 7.00. The molecule has 2 aromatic carbocycles. The van der Waals surface area contributed by atoms with E-state index in [0.717, 1.165) is 49.3 Å². The number of hydrogen-bond acceptors (Lipinski definition) is 5. The summed E-state index contributed by atoms with van der Waals surface area (Å²) < 4.78 is 5.90. The van der Waals surface area contributed by atoms with E-state index in [9.17, 15) is 0 Å². The van der Waals surface area contributed by atoms with Gasteiger partial charge in [-0.05, 0) is 93.7 Å². The van der Waals surface area contributed by atoms with Crippen molar-refractivity contribution in [2.75, 3.05) is 32.8 Å². The monoisotopic (exact) mass is 536 g/mol. The van der Waals surface area contributed by atoms with E-state index in [1.807, 2.05) is 68.6 Å². The highest BCUT2D eigenvalue weighted by molar-refractivity contribution is 6.30. The standard InChI is InChI=1S/C29H36ClN3O.C3H9N/c1-23(2)33(29(28-10-6-7-17-31-28)25-11-13-26(30)14-12-25)22-24-15-18-32(19-16-24)20-21-34-27-8-4-3-5-9-27;1-3(2)4/h3-14,17,23-24,29H,15-16,18-22H2,1-2H3;3H,4H2,1-2H3. The number of pyridine rings is 1. The van der Waals surface area contributed by atoms with E-state index >= 15 is 0 Å². The minimum Gasteiger partial charge on any atom is -0.492 e. The normalized spacial score (nSPS) is 15.4. The Morgan fingerprint density at radius 2 is 1.58 bits per heavy atom. The van der Waals surface area contributed by atoms with Gasteiger partial charge in [0.25, 0.3) is 0 Å². The minimum atomic E-state index is 0.121. The van der Waals surface area contributed by atoms with Crippen molar-refractivity contribution in [2.24, 2.45) is 11.7 Å². The Hall–Kier alpha value is -2.44. The lowest BCUT2D eigenvalue weighted by Gasteiger charge is -2.40. The van der Waals surface area contributed by atoms with Crippen LogP contribution in [0.25, 0.3) is 0 Å². The van der Waals surface area contributed by atoms with Crippen molar-refractivity contribution in [1.82, 2.24) is 14.8 Å². The van der Waals surface area contributed by atoms with Crippen molar-refractivity contribution in [3.05, 3.63) is 95.3 Å². The van der Waals surface area contributed by atoms with Crippen molar-refractivity contribution in [3.63, 3.8) is 0 Å². The minimum absolute atomic E-state index is 0.121. The number of rotatable bonds is 10. The molecular weight excluding hydrogens is 492 g/mol. The molecule has 1 aliphatic heterocycles. The third-order valence-electron chi connectivity index (χ3n) is 6.74. The number of aromatic nitrogens is 1. The molecule has 1 atom stereocenters. The van der Waals surface area contributed by atoms with Crippen LogP contribution in [0.15, 0.2) is 79.0 Å². The molecule has 3 aromatic rings. The van der Waals surface area contributed by atoms with Gasteiger partial charge in [-0.2, -0.15) is 0 Å². The average molecular weight is 537 g/mol. The third kappa shape index (κ3) is 10.0. The lowest BCUT2D eigenvalue weighted by atomic mass is 9.93. The Morgan fingerprint density at radius 3 is 2.16 bits per heavy atom. The van der Waals surface area contributed by atoms with Crippen LogP contribution in [-0.2, 0) is 0 Å². The van der Waals surface area contributed by atoms with Crippen molar-refractivity contribution < 1.29 is 4.74 Å². The second kappa shape index (κ2) is 15.8. The molecular formula is C32H45ClN4O. The zero-order valence-electron chi connectivity index (χ0n) is 23.5. The van der Waals surface area contributed by atoms with Gasteiger partial charge in [0, 0.05) is 30.4 Å². The summed E-state index contributed by atoms with van der Waals surface area (Å²) >= 11 is 6.20. The van der Waals surface area contributed by atoms with Gasteiger partial charge in [0.15, 0.2) is 0 Å². The fourth-order valence-electron chi connectivity index (χ4n) is 4.83. The summed E-state index contributed by atoms with van der Waals surface area (Å²) in [6, 6.07) is 25.4. The summed E-state index contributed by atoms with van der Waals surface area (Å²) in [5, 5.41) is 0.767. The predicted molar refractivity (Wildman–Crippen MR) is 160 cm³/mol. The molecule has 206 valence electrons. The second-order valence-corrected chi connectivity index (χ2v) is 11.1. The number of para-hydroxylation sites is 1. The highest BCUT2D eigenvalue weighted by atomic mass is 35.5. The quantitative estimate of drug-likeness (QED) is 0.313. The summed E-state index contributed by atoms with van der Waals surface area (Å²) in [5.74, 6) is 1.62. The van der Waals surface area contributed by atoms with E-state index in [1.54, 1.807) is 0 Å². The van der Waals surface area contributed by atoms with Gasteiger partial charge >= 0.3 is 0 Å². The van der Waals surface area contributed by atoms with Crippen molar-refractivity contribution in [1.29, 1.82) is 0 Å². The Kier molecular flexibility index (Phi) is 12.6. The topological polar surface area (TPSA) is 54.6 Å². The highest BCUT2D eigenvalue weighted by Crippen LogP contribution is 2.32. The number of ether oxygens (including phenoxy) is 1. The van der Waals surface area contributed by atoms with Crippen LogP contribution in [0.1, 0.15) is 57.8 Å². The van der Waals surface area contributed by atoms with Gasteiger partial charge in [-0.3, -0.25) is 14.8 Å². The molecule has 2 N–H and O–H groups in total. The molecule has 1 aliphatic rings. The number of nitrogens with two attached hydrogens (primary N) is 1. The van der Waals surface area contributed by atoms with E-state index < -0.39 is 0 Å². The first kappa shape index (κ1) is 30.1. The van der Waals surface area contributed by atoms with Crippen LogP contribution < -0.4 is 10.5 Å². The van der Waals surface area contributed by atoms with Crippen molar-refractivity contribution in [2.45, 2.75) is 58.7 Å². The summed E-state index contributed by atoms with van der Waals surface area (Å²) in [7, 11) is 0. The SMILES string of the molecule is CC(C)N.CC(C)N(CC1CCN(CCOc2ccccc2)CC1)C(c1ccc(Cl)cc1)c1ccccn1. The summed E-state index contributed by atoms with van der Waals surface area (Å²) in [5.41, 5.74) is 7.45. The molecule has 4 rings (SSSR count). The summed E-state index contributed by atoms with van der Waals surface area (Å²) in [6.45, 7) is 13.5. The lowest BCUT2D eigenvalue weighted by molar-refractivity contribution is 0.0983. The van der Waals surface area contributed by atoms with E-state index in [1.165, 1.54) is 18.4 Å². The number of nitrogens with zero attached hydrogens (tertiary/aromatic N) is 3. The van der Waals surface area contributed by atoms with Crippen LogP contribution in [0.2, 0.25) is 5.02 Å². The predicted octanol–water partition coefficient (Wildman–Crippen LogP) is 6.68. The van der Waals surface area contributed by atoms with Gasteiger partial charge in [-0.1, -0.05) is 61.8 Å². The second-order valence-electron chi connectivity index (χ2n) is 10.7. The van der Waals surface area contributed by atoms with Crippen LogP contribution in [0.5, 0.6) is 5.75 Å². The summed E-state index contributed by atoms with van der Waals surface area (Å²) in [6.07, 6.45) is 4.32. The number of halogens is 1. The van der Waals surface area contributed by atoms with Gasteiger partial charge in [0.2, 0.25) is 0 Å². The van der Waals surface area contributed by atoms with E-state index in [4.69, 9.17) is 27.1 Å². The number of benzene rings is 2.